The summed E-state index contributed by atoms with van der Waals surface area (Å²) in [5.74, 6) is 0.166. The Kier molecular flexibility index (Phi) is 8.01. The van der Waals surface area contributed by atoms with Crippen LogP contribution in [0.2, 0.25) is 0 Å². The summed E-state index contributed by atoms with van der Waals surface area (Å²) < 4.78 is 1.46. The Bertz CT molecular complexity index is 1230. The van der Waals surface area contributed by atoms with Crippen LogP contribution in [0.5, 0.6) is 0 Å². The number of benzene rings is 1. The van der Waals surface area contributed by atoms with Gasteiger partial charge < -0.3 is 21.3 Å². The molecule has 2 aliphatic carbocycles. The molecule has 2 heterocycles. The van der Waals surface area contributed by atoms with E-state index in [4.69, 9.17) is 11.5 Å². The number of piperazine rings is 1. The number of nitrogens with two attached hydrogens (primary N) is 2. The third-order valence-electron chi connectivity index (χ3n) is 8.37. The summed E-state index contributed by atoms with van der Waals surface area (Å²) in [5.41, 5.74) is 12.8. The van der Waals surface area contributed by atoms with E-state index in [1.807, 2.05) is 12.1 Å². The molecule has 210 valence electrons. The number of amides is 3. The highest BCUT2D eigenvalue weighted by Crippen LogP contribution is 2.34. The van der Waals surface area contributed by atoms with Crippen LogP contribution in [0, 0.1) is 0 Å². The molecular weight excluding hydrogens is 496 g/mol. The van der Waals surface area contributed by atoms with E-state index < -0.39 is 11.2 Å². The maximum atomic E-state index is 12.8. The fraction of sp³-hybridized carbons (Fsp3) is 0.571. The SMILES string of the molecule is CCN(Cc1ccc(-n2ccc(NC(=O)N3CCN(C(=O)C4(N)CC4)CC3)nc2=O)cc1)C1CCC(N)CC1. The third-order valence-corrected chi connectivity index (χ3v) is 8.37. The fourth-order valence-corrected chi connectivity index (χ4v) is 5.60. The molecule has 0 radical (unpaired) electrons. The van der Waals surface area contributed by atoms with Crippen molar-refractivity contribution >= 4 is 17.8 Å². The van der Waals surface area contributed by atoms with Crippen molar-refractivity contribution in [2.75, 3.05) is 38.0 Å². The van der Waals surface area contributed by atoms with Crippen LogP contribution in [0.25, 0.3) is 5.69 Å². The van der Waals surface area contributed by atoms with E-state index in [0.717, 1.165) is 57.3 Å². The van der Waals surface area contributed by atoms with Gasteiger partial charge in [0, 0.05) is 51.0 Å². The molecule has 39 heavy (non-hydrogen) atoms. The average Bonchev–Trinajstić information content (AvgIpc) is 3.71. The van der Waals surface area contributed by atoms with Crippen LogP contribution in [0.1, 0.15) is 51.0 Å². The number of carbonyl (C=O) groups excluding carboxylic acids is 2. The summed E-state index contributed by atoms with van der Waals surface area (Å²) >= 11 is 0. The first-order valence-electron chi connectivity index (χ1n) is 14.1. The second-order valence-electron chi connectivity index (χ2n) is 11.1. The molecule has 0 spiro atoms. The third kappa shape index (κ3) is 6.32. The smallest absolute Gasteiger partial charge is 0.338 e. The summed E-state index contributed by atoms with van der Waals surface area (Å²) in [6.07, 6.45) is 7.52. The number of hydrogen-bond donors (Lipinski definition) is 3. The lowest BCUT2D eigenvalue weighted by molar-refractivity contribution is -0.135. The number of anilines is 1. The molecule has 11 heteroatoms. The first kappa shape index (κ1) is 27.3. The Morgan fingerprint density at radius 3 is 2.26 bits per heavy atom. The minimum Gasteiger partial charge on any atom is -0.338 e. The molecule has 1 saturated heterocycles. The number of nitrogens with one attached hydrogen (secondary N) is 1. The van der Waals surface area contributed by atoms with E-state index >= 15 is 0 Å². The zero-order valence-corrected chi connectivity index (χ0v) is 22.7. The van der Waals surface area contributed by atoms with Crippen LogP contribution in [0.15, 0.2) is 41.3 Å². The number of rotatable bonds is 7. The highest BCUT2D eigenvalue weighted by molar-refractivity contribution is 5.90. The first-order chi connectivity index (χ1) is 18.8. The van der Waals surface area contributed by atoms with Crippen molar-refractivity contribution in [2.24, 2.45) is 11.5 Å². The standard InChI is InChI=1S/C28H40N8O3/c1-2-33(22-9-5-21(29)6-10-22)19-20-3-7-23(8-4-20)36-14-11-24(32-27(36)39)31-26(38)35-17-15-34(16-18-35)25(37)28(30)12-13-28/h3-4,7-8,11,14,21-22H,2,5-6,9-10,12-13,15-19,29-30H2,1H3,(H,31,32,38,39). The summed E-state index contributed by atoms with van der Waals surface area (Å²) in [7, 11) is 0. The molecule has 1 aromatic heterocycles. The van der Waals surface area contributed by atoms with Gasteiger partial charge in [0.2, 0.25) is 5.91 Å². The largest absolute Gasteiger partial charge is 0.354 e. The predicted octanol–water partition coefficient (Wildman–Crippen LogP) is 1.49. The lowest BCUT2D eigenvalue weighted by atomic mass is 9.90. The second-order valence-corrected chi connectivity index (χ2v) is 11.1. The fourth-order valence-electron chi connectivity index (χ4n) is 5.60. The van der Waals surface area contributed by atoms with E-state index in [1.54, 1.807) is 22.1 Å². The zero-order chi connectivity index (χ0) is 27.6. The van der Waals surface area contributed by atoms with Crippen LogP contribution in [0.3, 0.4) is 0 Å². The van der Waals surface area contributed by atoms with Gasteiger partial charge in [-0.3, -0.25) is 19.6 Å². The van der Waals surface area contributed by atoms with Gasteiger partial charge >= 0.3 is 11.7 Å². The average molecular weight is 537 g/mol. The van der Waals surface area contributed by atoms with Crippen LogP contribution in [0.4, 0.5) is 10.6 Å². The highest BCUT2D eigenvalue weighted by Gasteiger charge is 2.48. The molecule has 3 aliphatic rings. The predicted molar refractivity (Wildman–Crippen MR) is 149 cm³/mol. The molecular formula is C28H40N8O3. The Morgan fingerprint density at radius 2 is 1.67 bits per heavy atom. The molecule has 2 aromatic rings. The first-order valence-corrected chi connectivity index (χ1v) is 14.1. The van der Waals surface area contributed by atoms with Gasteiger partial charge in [0.25, 0.3) is 0 Å². The number of nitrogens with zero attached hydrogens (tertiary/aromatic N) is 5. The van der Waals surface area contributed by atoms with Crippen LogP contribution >= 0.6 is 0 Å². The van der Waals surface area contributed by atoms with Crippen molar-refractivity contribution in [3.05, 3.63) is 52.6 Å². The van der Waals surface area contributed by atoms with Crippen molar-refractivity contribution in [3.63, 3.8) is 0 Å². The Labute approximate surface area is 229 Å². The summed E-state index contributed by atoms with van der Waals surface area (Å²) in [5, 5.41) is 2.71. The van der Waals surface area contributed by atoms with Gasteiger partial charge in [0.15, 0.2) is 0 Å². The highest BCUT2D eigenvalue weighted by atomic mass is 16.2. The number of urea groups is 1. The Balaban J connectivity index is 1.15. The zero-order valence-electron chi connectivity index (χ0n) is 22.7. The van der Waals surface area contributed by atoms with Gasteiger partial charge in [-0.1, -0.05) is 19.1 Å². The number of hydrogen-bond acceptors (Lipinski definition) is 7. The summed E-state index contributed by atoms with van der Waals surface area (Å²) in [4.78, 5) is 47.8. The molecule has 11 nitrogen and oxygen atoms in total. The monoisotopic (exact) mass is 536 g/mol. The normalized spacial score (nSPS) is 22.6. The molecule has 0 bridgehead atoms. The molecule has 0 unspecified atom stereocenters. The number of aromatic nitrogens is 2. The van der Waals surface area contributed by atoms with Crippen molar-refractivity contribution in [2.45, 2.75) is 69.6 Å². The van der Waals surface area contributed by atoms with Gasteiger partial charge in [0.05, 0.1) is 11.2 Å². The van der Waals surface area contributed by atoms with Crippen LogP contribution < -0.4 is 22.5 Å². The van der Waals surface area contributed by atoms with Crippen molar-refractivity contribution in [1.29, 1.82) is 0 Å². The molecule has 5 N–H and O–H groups in total. The van der Waals surface area contributed by atoms with E-state index in [1.165, 1.54) is 10.1 Å². The second kappa shape index (κ2) is 11.4. The lowest BCUT2D eigenvalue weighted by Gasteiger charge is -2.35. The maximum absolute atomic E-state index is 12.8. The Morgan fingerprint density at radius 1 is 1.03 bits per heavy atom. The van der Waals surface area contributed by atoms with Crippen LogP contribution in [-0.4, -0.2) is 86.5 Å². The topological polar surface area (TPSA) is 143 Å². The molecule has 0 atom stereocenters. The van der Waals surface area contributed by atoms with E-state index in [-0.39, 0.29) is 17.8 Å². The number of carbonyl (C=O) groups is 2. The molecule has 3 amide bonds. The molecule has 2 saturated carbocycles. The van der Waals surface area contributed by atoms with Gasteiger partial charge in [0.1, 0.15) is 5.82 Å². The van der Waals surface area contributed by atoms with Gasteiger partial charge in [-0.2, -0.15) is 4.98 Å². The van der Waals surface area contributed by atoms with Crippen molar-refractivity contribution in [1.82, 2.24) is 24.3 Å². The maximum Gasteiger partial charge on any atom is 0.354 e. The van der Waals surface area contributed by atoms with Crippen molar-refractivity contribution in [3.8, 4) is 5.69 Å². The van der Waals surface area contributed by atoms with E-state index in [0.29, 0.717) is 38.3 Å². The quantitative estimate of drug-likeness (QED) is 0.487. The molecule has 1 aromatic carbocycles. The lowest BCUT2D eigenvalue weighted by Crippen LogP contribution is -2.55. The van der Waals surface area contributed by atoms with Crippen LogP contribution in [-0.2, 0) is 11.3 Å². The van der Waals surface area contributed by atoms with Gasteiger partial charge in [-0.15, -0.1) is 0 Å². The molecule has 5 rings (SSSR count). The summed E-state index contributed by atoms with van der Waals surface area (Å²) in [6.45, 7) is 5.74. The van der Waals surface area contributed by atoms with Gasteiger partial charge in [-0.25, -0.2) is 9.59 Å². The van der Waals surface area contributed by atoms with E-state index in [9.17, 15) is 14.4 Å². The minimum atomic E-state index is -0.696. The van der Waals surface area contributed by atoms with Gasteiger partial charge in [-0.05, 0) is 68.8 Å². The van der Waals surface area contributed by atoms with E-state index in [2.05, 4.69) is 34.3 Å². The molecule has 1 aliphatic heterocycles. The Hall–Kier alpha value is -3.28. The minimum absolute atomic E-state index is 0.0296. The van der Waals surface area contributed by atoms with Crippen molar-refractivity contribution < 1.29 is 9.59 Å². The summed E-state index contributed by atoms with van der Waals surface area (Å²) in [6, 6.07) is 10.1. The molecule has 3 fully saturated rings.